The molecule has 0 fully saturated rings. The number of carbonyl (C=O) groups is 1. The van der Waals surface area contributed by atoms with Crippen LogP contribution >= 0.6 is 23.1 Å². The van der Waals surface area contributed by atoms with E-state index in [4.69, 9.17) is 4.74 Å². The van der Waals surface area contributed by atoms with Gasteiger partial charge in [-0.15, -0.1) is 10.2 Å². The molecule has 9 heteroatoms. The molecule has 2 aromatic heterocycles. The third-order valence-corrected chi connectivity index (χ3v) is 7.01. The number of anilines is 1. The average Bonchev–Trinajstić information content (AvgIpc) is 3.44. The van der Waals surface area contributed by atoms with Gasteiger partial charge in [-0.25, -0.2) is 4.98 Å². The van der Waals surface area contributed by atoms with Crippen LogP contribution in [0.3, 0.4) is 0 Å². The van der Waals surface area contributed by atoms with E-state index in [0.717, 1.165) is 32.6 Å². The molecule has 0 atom stereocenters. The highest BCUT2D eigenvalue weighted by Crippen LogP contribution is 2.27. The molecule has 2 heterocycles. The lowest BCUT2D eigenvalue weighted by atomic mass is 10.1. The number of aromatic nitrogens is 4. The number of thioether (sulfide) groups is 1. The second kappa shape index (κ2) is 9.60. The van der Waals surface area contributed by atoms with Crippen molar-refractivity contribution >= 4 is 55.1 Å². The van der Waals surface area contributed by atoms with Crippen LogP contribution in [-0.2, 0) is 17.9 Å². The number of amides is 1. The Morgan fingerprint density at radius 2 is 1.88 bits per heavy atom. The molecule has 0 saturated heterocycles. The molecule has 1 amide bonds. The molecule has 1 N–H and O–H groups in total. The van der Waals surface area contributed by atoms with E-state index in [0.29, 0.717) is 23.4 Å². The number of hydrogen-bond acceptors (Lipinski definition) is 7. The van der Waals surface area contributed by atoms with Crippen molar-refractivity contribution in [2.45, 2.75) is 25.2 Å². The number of thiazole rings is 1. The first kappa shape index (κ1) is 21.4. The van der Waals surface area contributed by atoms with Crippen molar-refractivity contribution in [3.63, 3.8) is 0 Å². The van der Waals surface area contributed by atoms with Gasteiger partial charge in [0.15, 0.2) is 16.1 Å². The van der Waals surface area contributed by atoms with Crippen LogP contribution < -0.4 is 10.1 Å². The number of nitrogens with one attached hydrogen (secondary N) is 1. The van der Waals surface area contributed by atoms with Crippen molar-refractivity contribution in [2.24, 2.45) is 0 Å². The number of rotatable bonds is 8. The highest BCUT2D eigenvalue weighted by molar-refractivity contribution is 7.99. The second-order valence-corrected chi connectivity index (χ2v) is 9.21. The van der Waals surface area contributed by atoms with Crippen molar-refractivity contribution in [1.29, 1.82) is 0 Å². The monoisotopic (exact) mass is 475 g/mol. The number of fused-ring (bicyclic) bond motifs is 2. The molecule has 166 valence electrons. The summed E-state index contributed by atoms with van der Waals surface area (Å²) in [5.74, 6) is 1.62. The zero-order valence-electron chi connectivity index (χ0n) is 17.9. The van der Waals surface area contributed by atoms with Crippen LogP contribution in [0.25, 0.3) is 21.0 Å². The molecule has 0 aliphatic heterocycles. The fraction of sp³-hybridized carbons (Fsp3) is 0.167. The minimum absolute atomic E-state index is 0.127. The Bertz CT molecular complexity index is 1390. The molecule has 0 aliphatic carbocycles. The van der Waals surface area contributed by atoms with Gasteiger partial charge in [0.25, 0.3) is 0 Å². The Labute approximate surface area is 198 Å². The summed E-state index contributed by atoms with van der Waals surface area (Å²) >= 11 is 2.81. The summed E-state index contributed by atoms with van der Waals surface area (Å²) in [6, 6.07) is 21.9. The molecule has 0 bridgehead atoms. The van der Waals surface area contributed by atoms with Crippen LogP contribution in [0, 0.1) is 0 Å². The average molecular weight is 476 g/mol. The number of para-hydroxylation sites is 1. The molecular weight excluding hydrogens is 454 g/mol. The minimum Gasteiger partial charge on any atom is -0.485 e. The largest absolute Gasteiger partial charge is 0.485 e. The Hall–Kier alpha value is -3.43. The molecular formula is C24H21N5O2S2. The number of benzene rings is 3. The molecule has 0 spiro atoms. The Morgan fingerprint density at radius 1 is 1.06 bits per heavy atom. The van der Waals surface area contributed by atoms with E-state index < -0.39 is 0 Å². The molecule has 0 aliphatic rings. The molecule has 0 unspecified atom stereocenters. The fourth-order valence-corrected chi connectivity index (χ4v) is 5.23. The summed E-state index contributed by atoms with van der Waals surface area (Å²) in [5, 5.41) is 14.9. The normalized spacial score (nSPS) is 11.2. The van der Waals surface area contributed by atoms with Crippen molar-refractivity contribution < 1.29 is 9.53 Å². The highest BCUT2D eigenvalue weighted by Gasteiger charge is 2.15. The third kappa shape index (κ3) is 4.69. The summed E-state index contributed by atoms with van der Waals surface area (Å²) in [7, 11) is 0. The number of hydrogen-bond donors (Lipinski definition) is 1. The van der Waals surface area contributed by atoms with E-state index >= 15 is 0 Å². The number of carbonyl (C=O) groups excluding carboxylic acids is 1. The molecule has 5 aromatic rings. The molecule has 5 rings (SSSR count). The van der Waals surface area contributed by atoms with Gasteiger partial charge in [0, 0.05) is 11.9 Å². The van der Waals surface area contributed by atoms with Crippen molar-refractivity contribution in [1.82, 2.24) is 19.7 Å². The Balaban J connectivity index is 1.22. The summed E-state index contributed by atoms with van der Waals surface area (Å²) in [4.78, 5) is 16.9. The predicted molar refractivity (Wildman–Crippen MR) is 133 cm³/mol. The zero-order valence-corrected chi connectivity index (χ0v) is 19.5. The van der Waals surface area contributed by atoms with Crippen LogP contribution in [0.15, 0.2) is 71.9 Å². The first-order valence-corrected chi connectivity index (χ1v) is 12.3. The fourth-order valence-electron chi connectivity index (χ4n) is 3.53. The summed E-state index contributed by atoms with van der Waals surface area (Å²) in [5.41, 5.74) is 0.881. The van der Waals surface area contributed by atoms with Gasteiger partial charge in [0.05, 0.1) is 16.0 Å². The highest BCUT2D eigenvalue weighted by atomic mass is 32.2. The van der Waals surface area contributed by atoms with E-state index in [9.17, 15) is 4.79 Å². The van der Waals surface area contributed by atoms with E-state index in [-0.39, 0.29) is 11.7 Å². The Morgan fingerprint density at radius 3 is 2.76 bits per heavy atom. The van der Waals surface area contributed by atoms with E-state index in [2.05, 4.69) is 32.6 Å². The van der Waals surface area contributed by atoms with Crippen LogP contribution in [-0.4, -0.2) is 31.4 Å². The van der Waals surface area contributed by atoms with Crippen molar-refractivity contribution in [3.05, 3.63) is 72.6 Å². The molecule has 0 radical (unpaired) electrons. The first-order valence-electron chi connectivity index (χ1n) is 10.5. The number of nitrogens with zero attached hydrogens (tertiary/aromatic N) is 4. The lowest BCUT2D eigenvalue weighted by molar-refractivity contribution is -0.113. The van der Waals surface area contributed by atoms with Crippen LogP contribution in [0.1, 0.15) is 12.7 Å². The summed E-state index contributed by atoms with van der Waals surface area (Å²) in [6.07, 6.45) is 0. The molecule has 3 aromatic carbocycles. The van der Waals surface area contributed by atoms with Crippen molar-refractivity contribution in [3.8, 4) is 5.75 Å². The van der Waals surface area contributed by atoms with Gasteiger partial charge < -0.3 is 14.6 Å². The van der Waals surface area contributed by atoms with Crippen LogP contribution in [0.5, 0.6) is 5.75 Å². The maximum atomic E-state index is 12.5. The van der Waals surface area contributed by atoms with Gasteiger partial charge in [-0.3, -0.25) is 4.79 Å². The third-order valence-electron chi connectivity index (χ3n) is 5.09. The molecule has 33 heavy (non-hydrogen) atoms. The van der Waals surface area contributed by atoms with Gasteiger partial charge in [-0.2, -0.15) is 0 Å². The summed E-state index contributed by atoms with van der Waals surface area (Å²) in [6.45, 7) is 3.01. The topological polar surface area (TPSA) is 81.9 Å². The smallest absolute Gasteiger partial charge is 0.236 e. The molecule has 0 saturated carbocycles. The van der Waals surface area contributed by atoms with Gasteiger partial charge in [0.2, 0.25) is 5.91 Å². The van der Waals surface area contributed by atoms with Gasteiger partial charge in [-0.05, 0) is 30.5 Å². The summed E-state index contributed by atoms with van der Waals surface area (Å²) < 4.78 is 9.09. The first-order chi connectivity index (χ1) is 16.2. The van der Waals surface area contributed by atoms with E-state index in [1.165, 1.54) is 23.1 Å². The molecule has 7 nitrogen and oxygen atoms in total. The zero-order chi connectivity index (χ0) is 22.6. The lowest BCUT2D eigenvalue weighted by Crippen LogP contribution is -2.14. The number of ether oxygens (including phenoxy) is 1. The van der Waals surface area contributed by atoms with Crippen molar-refractivity contribution in [2.75, 3.05) is 11.1 Å². The standard InChI is InChI=1S/C24H21N5O2S2/c1-2-29-21(14-31-19-12-7-9-16-8-3-4-10-17(16)19)27-28-24(29)32-15-22(30)26-23-25-18-11-5-6-13-20(18)33-23/h3-13H,2,14-15H2,1H3,(H,25,26,30). The maximum absolute atomic E-state index is 12.5. The lowest BCUT2D eigenvalue weighted by Gasteiger charge is -2.10. The minimum atomic E-state index is -0.127. The van der Waals surface area contributed by atoms with E-state index in [1.54, 1.807) is 0 Å². The maximum Gasteiger partial charge on any atom is 0.236 e. The predicted octanol–water partition coefficient (Wildman–Crippen LogP) is 5.37. The Kier molecular flexibility index (Phi) is 6.23. The van der Waals surface area contributed by atoms with Crippen LogP contribution in [0.4, 0.5) is 5.13 Å². The van der Waals surface area contributed by atoms with Gasteiger partial charge >= 0.3 is 0 Å². The second-order valence-electron chi connectivity index (χ2n) is 7.23. The van der Waals surface area contributed by atoms with Gasteiger partial charge in [0.1, 0.15) is 12.4 Å². The van der Waals surface area contributed by atoms with Crippen LogP contribution in [0.2, 0.25) is 0 Å². The van der Waals surface area contributed by atoms with E-state index in [1.807, 2.05) is 66.1 Å². The van der Waals surface area contributed by atoms with Gasteiger partial charge in [-0.1, -0.05) is 71.6 Å². The SMILES string of the molecule is CCn1c(COc2cccc3ccccc23)nnc1SCC(=O)Nc1nc2ccccc2s1. The quantitative estimate of drug-likeness (QED) is 0.304.